The van der Waals surface area contributed by atoms with Crippen molar-refractivity contribution < 1.29 is 9.21 Å². The molecule has 0 aliphatic rings. The number of amides is 1. The molecule has 3 rings (SSSR count). The fraction of sp³-hybridized carbons (Fsp3) is 0.111. The summed E-state index contributed by atoms with van der Waals surface area (Å²) in [5.41, 5.74) is 0.599. The lowest BCUT2D eigenvalue weighted by Gasteiger charge is -2.20. The summed E-state index contributed by atoms with van der Waals surface area (Å²) in [5.74, 6) is 2.01. The second-order valence-corrected chi connectivity index (χ2v) is 6.01. The molecule has 3 aromatic rings. The van der Waals surface area contributed by atoms with Crippen molar-refractivity contribution in [2.45, 2.75) is 13.5 Å². The van der Waals surface area contributed by atoms with Crippen LogP contribution in [0, 0.1) is 6.92 Å². The molecule has 5 heteroatoms. The van der Waals surface area contributed by atoms with Crippen molar-refractivity contribution in [3.63, 3.8) is 0 Å². The lowest BCUT2D eigenvalue weighted by molar-refractivity contribution is 0.0982. The van der Waals surface area contributed by atoms with Crippen molar-refractivity contribution >= 4 is 27.7 Å². The van der Waals surface area contributed by atoms with Gasteiger partial charge >= 0.3 is 0 Å². The first kappa shape index (κ1) is 15.5. The summed E-state index contributed by atoms with van der Waals surface area (Å²) in [6.45, 7) is 2.21. The van der Waals surface area contributed by atoms with Crippen LogP contribution >= 0.6 is 15.9 Å². The van der Waals surface area contributed by atoms with E-state index in [1.54, 1.807) is 23.2 Å². The Bertz CT molecular complexity index is 797. The van der Waals surface area contributed by atoms with Crippen molar-refractivity contribution in [2.24, 2.45) is 0 Å². The van der Waals surface area contributed by atoms with Crippen LogP contribution in [0.3, 0.4) is 0 Å². The largest absolute Gasteiger partial charge is 0.464 e. The lowest BCUT2D eigenvalue weighted by atomic mass is 10.2. The summed E-state index contributed by atoms with van der Waals surface area (Å²) in [6, 6.07) is 16.5. The van der Waals surface area contributed by atoms with E-state index in [2.05, 4.69) is 20.9 Å². The summed E-state index contributed by atoms with van der Waals surface area (Å²) in [6.07, 6.45) is 1.67. The number of anilines is 1. The second kappa shape index (κ2) is 6.79. The Morgan fingerprint density at radius 1 is 1.13 bits per heavy atom. The minimum absolute atomic E-state index is 0.120. The molecule has 0 aliphatic carbocycles. The van der Waals surface area contributed by atoms with Crippen LogP contribution in [0.4, 0.5) is 5.82 Å². The number of carbonyl (C=O) groups is 1. The number of hydrogen-bond donors (Lipinski definition) is 0. The van der Waals surface area contributed by atoms with Gasteiger partial charge < -0.3 is 4.42 Å². The highest BCUT2D eigenvalue weighted by Gasteiger charge is 2.20. The lowest BCUT2D eigenvalue weighted by Crippen LogP contribution is -2.31. The Balaban J connectivity index is 1.94. The van der Waals surface area contributed by atoms with E-state index in [9.17, 15) is 4.79 Å². The van der Waals surface area contributed by atoms with E-state index >= 15 is 0 Å². The smallest absolute Gasteiger partial charge is 0.259 e. The van der Waals surface area contributed by atoms with E-state index in [1.165, 1.54) is 0 Å². The Labute approximate surface area is 142 Å². The highest BCUT2D eigenvalue weighted by atomic mass is 79.9. The normalized spacial score (nSPS) is 10.5. The minimum Gasteiger partial charge on any atom is -0.464 e. The van der Waals surface area contributed by atoms with Crippen LogP contribution in [0.2, 0.25) is 0 Å². The Hall–Kier alpha value is -2.40. The molecule has 0 saturated carbocycles. The zero-order valence-electron chi connectivity index (χ0n) is 12.6. The number of pyridine rings is 1. The number of hydrogen-bond acceptors (Lipinski definition) is 3. The van der Waals surface area contributed by atoms with Gasteiger partial charge in [-0.3, -0.25) is 9.69 Å². The number of aromatic nitrogens is 1. The molecule has 0 atom stereocenters. The number of halogens is 1. The first-order chi connectivity index (χ1) is 11.1. The first-order valence-corrected chi connectivity index (χ1v) is 7.96. The minimum atomic E-state index is -0.120. The van der Waals surface area contributed by atoms with Crippen molar-refractivity contribution in [2.75, 3.05) is 4.90 Å². The molecule has 4 nitrogen and oxygen atoms in total. The van der Waals surface area contributed by atoms with E-state index in [-0.39, 0.29) is 5.91 Å². The highest BCUT2D eigenvalue weighted by molar-refractivity contribution is 9.10. The molecule has 2 aromatic heterocycles. The van der Waals surface area contributed by atoms with Gasteiger partial charge in [0.2, 0.25) is 0 Å². The molecule has 0 unspecified atom stereocenters. The Morgan fingerprint density at radius 3 is 2.52 bits per heavy atom. The fourth-order valence-electron chi connectivity index (χ4n) is 2.24. The molecule has 0 radical (unpaired) electrons. The van der Waals surface area contributed by atoms with Gasteiger partial charge in [0.05, 0.1) is 6.54 Å². The fourth-order valence-corrected chi connectivity index (χ4v) is 2.51. The average Bonchev–Trinajstić information content (AvgIpc) is 2.99. The predicted octanol–water partition coefficient (Wildman–Crippen LogP) is 4.59. The predicted molar refractivity (Wildman–Crippen MR) is 92.3 cm³/mol. The zero-order chi connectivity index (χ0) is 16.2. The van der Waals surface area contributed by atoms with E-state index in [0.717, 1.165) is 16.0 Å². The third-order valence-corrected chi connectivity index (χ3v) is 3.90. The summed E-state index contributed by atoms with van der Waals surface area (Å²) in [5, 5.41) is 0. The Kier molecular flexibility index (Phi) is 4.57. The maximum atomic E-state index is 12.9. The number of benzene rings is 1. The molecule has 116 valence electrons. The third-order valence-electron chi connectivity index (χ3n) is 3.37. The van der Waals surface area contributed by atoms with E-state index in [0.29, 0.717) is 17.9 Å². The Morgan fingerprint density at radius 2 is 1.91 bits per heavy atom. The van der Waals surface area contributed by atoms with Gasteiger partial charge in [0.25, 0.3) is 5.91 Å². The van der Waals surface area contributed by atoms with E-state index in [1.807, 2.05) is 49.4 Å². The number of furan rings is 1. The molecule has 23 heavy (non-hydrogen) atoms. The molecular weight excluding hydrogens is 356 g/mol. The van der Waals surface area contributed by atoms with Gasteiger partial charge in [0.15, 0.2) is 0 Å². The number of rotatable bonds is 4. The molecule has 0 saturated heterocycles. The van der Waals surface area contributed by atoms with Gasteiger partial charge in [-0.15, -0.1) is 0 Å². The second-order valence-electron chi connectivity index (χ2n) is 5.10. The van der Waals surface area contributed by atoms with Crippen molar-refractivity contribution in [3.05, 3.63) is 82.4 Å². The van der Waals surface area contributed by atoms with Gasteiger partial charge in [0, 0.05) is 16.2 Å². The van der Waals surface area contributed by atoms with Crippen LogP contribution in [0.5, 0.6) is 0 Å². The first-order valence-electron chi connectivity index (χ1n) is 7.17. The van der Waals surface area contributed by atoms with Gasteiger partial charge in [-0.25, -0.2) is 4.98 Å². The van der Waals surface area contributed by atoms with E-state index in [4.69, 9.17) is 4.42 Å². The van der Waals surface area contributed by atoms with Gasteiger partial charge in [-0.2, -0.15) is 0 Å². The van der Waals surface area contributed by atoms with E-state index < -0.39 is 0 Å². The standard InChI is InChI=1S/C18H15BrN2O2/c1-13-5-10-16(23-13)12-21(17-4-2-3-11-20-17)18(22)14-6-8-15(19)9-7-14/h2-11H,12H2,1H3. The third kappa shape index (κ3) is 3.68. The summed E-state index contributed by atoms with van der Waals surface area (Å²) in [7, 11) is 0. The molecule has 1 aromatic carbocycles. The summed E-state index contributed by atoms with van der Waals surface area (Å²) < 4.78 is 6.54. The summed E-state index contributed by atoms with van der Waals surface area (Å²) in [4.78, 5) is 18.8. The molecule has 0 spiro atoms. The van der Waals surface area contributed by atoms with Crippen LogP contribution in [-0.2, 0) is 6.54 Å². The van der Waals surface area contributed by atoms with Crippen molar-refractivity contribution in [3.8, 4) is 0 Å². The van der Waals surface area contributed by atoms with Crippen LogP contribution in [0.25, 0.3) is 0 Å². The van der Waals surface area contributed by atoms with Crippen LogP contribution in [0.1, 0.15) is 21.9 Å². The SMILES string of the molecule is Cc1ccc(CN(C(=O)c2ccc(Br)cc2)c2ccccn2)o1. The topological polar surface area (TPSA) is 46.3 Å². The summed E-state index contributed by atoms with van der Waals surface area (Å²) >= 11 is 3.38. The van der Waals surface area contributed by atoms with Crippen molar-refractivity contribution in [1.29, 1.82) is 0 Å². The van der Waals surface area contributed by atoms with Crippen LogP contribution < -0.4 is 4.90 Å². The number of aryl methyl sites for hydroxylation is 1. The maximum absolute atomic E-state index is 12.9. The van der Waals surface area contributed by atoms with Gasteiger partial charge in [-0.05, 0) is 55.5 Å². The molecule has 0 fully saturated rings. The molecule has 1 amide bonds. The molecule has 0 bridgehead atoms. The highest BCUT2D eigenvalue weighted by Crippen LogP contribution is 2.20. The quantitative estimate of drug-likeness (QED) is 0.674. The molecular formula is C18H15BrN2O2. The maximum Gasteiger partial charge on any atom is 0.259 e. The number of nitrogens with zero attached hydrogens (tertiary/aromatic N) is 2. The molecule has 2 heterocycles. The zero-order valence-corrected chi connectivity index (χ0v) is 14.2. The van der Waals surface area contributed by atoms with Crippen molar-refractivity contribution in [1.82, 2.24) is 4.98 Å². The average molecular weight is 371 g/mol. The molecule has 0 N–H and O–H groups in total. The van der Waals surface area contributed by atoms with Gasteiger partial charge in [-0.1, -0.05) is 22.0 Å². The van der Waals surface area contributed by atoms with Crippen LogP contribution in [0.15, 0.2) is 69.7 Å². The van der Waals surface area contributed by atoms with Crippen LogP contribution in [-0.4, -0.2) is 10.9 Å². The number of carbonyl (C=O) groups excluding carboxylic acids is 1. The van der Waals surface area contributed by atoms with Gasteiger partial charge in [0.1, 0.15) is 17.3 Å². The monoisotopic (exact) mass is 370 g/mol. The molecule has 0 aliphatic heterocycles.